The van der Waals surface area contributed by atoms with Gasteiger partial charge in [-0.3, -0.25) is 9.59 Å². The monoisotopic (exact) mass is 240 g/mol. The number of amides is 2. The molecule has 13 heavy (non-hydrogen) atoms. The van der Waals surface area contributed by atoms with Crippen molar-refractivity contribution in [3.05, 3.63) is 0 Å². The summed E-state index contributed by atoms with van der Waals surface area (Å²) in [6.07, 6.45) is 0. The zero-order valence-electron chi connectivity index (χ0n) is 6.09. The smallest absolute Gasteiger partial charge is 0.273 e. The third kappa shape index (κ3) is 2.05. The van der Waals surface area contributed by atoms with E-state index in [1.807, 2.05) is 0 Å². The zero-order chi connectivity index (χ0) is 10.2. The van der Waals surface area contributed by atoms with Crippen molar-refractivity contribution in [2.24, 2.45) is 5.14 Å². The van der Waals surface area contributed by atoms with Gasteiger partial charge in [-0.15, -0.1) is 0 Å². The number of carbonyl (C=O) groups is 2. The van der Waals surface area contributed by atoms with Gasteiger partial charge in [-0.05, 0) is 0 Å². The highest BCUT2D eigenvalue weighted by atomic mass is 32.2. The second-order valence-electron chi connectivity index (χ2n) is 2.09. The van der Waals surface area contributed by atoms with E-state index in [4.69, 9.17) is 0 Å². The summed E-state index contributed by atoms with van der Waals surface area (Å²) in [4.78, 5) is 22.3. The maximum absolute atomic E-state index is 11.0. The molecule has 1 fully saturated rings. The van der Waals surface area contributed by atoms with Crippen LogP contribution < -0.4 is 5.14 Å². The van der Waals surface area contributed by atoms with Crippen LogP contribution in [-0.2, 0) is 14.8 Å². The second-order valence-corrected chi connectivity index (χ2v) is 5.14. The minimum absolute atomic E-state index is 0.0277. The van der Waals surface area contributed by atoms with Crippen molar-refractivity contribution in [2.75, 3.05) is 5.75 Å². The van der Waals surface area contributed by atoms with E-state index in [1.54, 1.807) is 0 Å². The summed E-state index contributed by atoms with van der Waals surface area (Å²) in [5, 5.41) is 3.08. The Morgan fingerprint density at radius 3 is 2.46 bits per heavy atom. The standard InChI is InChI=1S/C4H4N2O4S3/c5-13(9,10)3(8)6-2(7)1-12-4(6)11/h1H2,(H2,5,9,10). The molecule has 0 aromatic rings. The van der Waals surface area contributed by atoms with Crippen molar-refractivity contribution < 1.29 is 18.0 Å². The van der Waals surface area contributed by atoms with E-state index in [0.717, 1.165) is 11.8 Å². The summed E-state index contributed by atoms with van der Waals surface area (Å²) in [6, 6.07) is 0. The first-order valence-electron chi connectivity index (χ1n) is 2.90. The van der Waals surface area contributed by atoms with Crippen LogP contribution in [0.4, 0.5) is 4.79 Å². The second kappa shape index (κ2) is 3.33. The summed E-state index contributed by atoms with van der Waals surface area (Å²) in [5.74, 6) is -0.686. The third-order valence-electron chi connectivity index (χ3n) is 1.18. The van der Waals surface area contributed by atoms with Crippen LogP contribution in [0, 0.1) is 0 Å². The van der Waals surface area contributed by atoms with Gasteiger partial charge >= 0.3 is 5.24 Å². The SMILES string of the molecule is NS(=O)(=O)C(=O)N1C(=O)CSC1=S. The molecule has 1 heterocycles. The van der Waals surface area contributed by atoms with E-state index < -0.39 is 21.2 Å². The number of hydrogen-bond acceptors (Lipinski definition) is 6. The minimum atomic E-state index is -4.39. The predicted molar refractivity (Wildman–Crippen MR) is 50.4 cm³/mol. The molecule has 0 spiro atoms. The number of sulfonamides is 1. The molecule has 0 aromatic heterocycles. The van der Waals surface area contributed by atoms with Crippen molar-refractivity contribution in [1.29, 1.82) is 0 Å². The molecule has 0 saturated carbocycles. The molecular formula is C4H4N2O4S3. The van der Waals surface area contributed by atoms with Crippen molar-refractivity contribution >= 4 is 49.5 Å². The topological polar surface area (TPSA) is 97.5 Å². The van der Waals surface area contributed by atoms with E-state index in [9.17, 15) is 18.0 Å². The number of thiocarbonyl (C=S) groups is 1. The number of imide groups is 1. The molecule has 0 aromatic carbocycles. The first-order chi connectivity index (χ1) is 5.84. The maximum atomic E-state index is 11.0. The fourth-order valence-corrected chi connectivity index (χ4v) is 2.27. The number of nitrogens with two attached hydrogens (primary N) is 1. The summed E-state index contributed by atoms with van der Waals surface area (Å²) >= 11 is 5.51. The molecule has 2 amide bonds. The van der Waals surface area contributed by atoms with Crippen molar-refractivity contribution in [1.82, 2.24) is 4.90 Å². The Balaban J connectivity index is 3.02. The third-order valence-corrected chi connectivity index (χ3v) is 3.20. The van der Waals surface area contributed by atoms with Gasteiger partial charge in [0.1, 0.15) is 0 Å². The Hall–Kier alpha value is -0.510. The molecule has 1 saturated heterocycles. The zero-order valence-corrected chi connectivity index (χ0v) is 8.54. The number of primary sulfonamides is 1. The highest BCUT2D eigenvalue weighted by Crippen LogP contribution is 2.20. The highest BCUT2D eigenvalue weighted by Gasteiger charge is 2.37. The molecule has 2 N–H and O–H groups in total. The Bertz CT molecular complexity index is 370. The van der Waals surface area contributed by atoms with Gasteiger partial charge in [-0.2, -0.15) is 0 Å². The maximum Gasteiger partial charge on any atom is 0.366 e. The quantitative estimate of drug-likeness (QED) is 0.560. The summed E-state index contributed by atoms with van der Waals surface area (Å²) in [7, 11) is -4.39. The fraction of sp³-hybridized carbons (Fsp3) is 0.250. The van der Waals surface area contributed by atoms with Crippen LogP contribution in [0.3, 0.4) is 0 Å². The van der Waals surface area contributed by atoms with Gasteiger partial charge in [0.05, 0.1) is 5.75 Å². The van der Waals surface area contributed by atoms with Crippen molar-refractivity contribution in [3.63, 3.8) is 0 Å². The van der Waals surface area contributed by atoms with Gasteiger partial charge in [-0.1, -0.05) is 24.0 Å². The average Bonchev–Trinajstić information content (AvgIpc) is 2.28. The molecule has 6 nitrogen and oxygen atoms in total. The van der Waals surface area contributed by atoms with Crippen LogP contribution in [0.25, 0.3) is 0 Å². The Morgan fingerprint density at radius 1 is 1.62 bits per heavy atom. The minimum Gasteiger partial charge on any atom is -0.273 e. The van der Waals surface area contributed by atoms with Crippen molar-refractivity contribution in [3.8, 4) is 0 Å². The lowest BCUT2D eigenvalue weighted by molar-refractivity contribution is -0.121. The lowest BCUT2D eigenvalue weighted by Crippen LogP contribution is -2.41. The normalized spacial score (nSPS) is 18.1. The number of thioether (sulfide) groups is 1. The van der Waals surface area contributed by atoms with Gasteiger partial charge in [-0.25, -0.2) is 18.5 Å². The van der Waals surface area contributed by atoms with E-state index in [0.29, 0.717) is 4.90 Å². The van der Waals surface area contributed by atoms with E-state index >= 15 is 0 Å². The van der Waals surface area contributed by atoms with Gasteiger partial charge in [0.2, 0.25) is 5.91 Å². The predicted octanol–water partition coefficient (Wildman–Crippen LogP) is -0.745. The number of hydrogen-bond donors (Lipinski definition) is 1. The van der Waals surface area contributed by atoms with Gasteiger partial charge in [0, 0.05) is 0 Å². The first-order valence-corrected chi connectivity index (χ1v) is 5.84. The van der Waals surface area contributed by atoms with E-state index in [2.05, 4.69) is 17.4 Å². The Kier molecular flexibility index (Phi) is 2.71. The van der Waals surface area contributed by atoms with Gasteiger partial charge < -0.3 is 0 Å². The average molecular weight is 240 g/mol. The van der Waals surface area contributed by atoms with Crippen LogP contribution in [-0.4, -0.2) is 34.5 Å². The molecule has 0 radical (unpaired) electrons. The lowest BCUT2D eigenvalue weighted by Gasteiger charge is -2.09. The first kappa shape index (κ1) is 10.6. The summed E-state index contributed by atoms with van der Waals surface area (Å²) < 4.78 is 21.1. The molecule has 0 bridgehead atoms. The molecule has 0 atom stereocenters. The summed E-state index contributed by atoms with van der Waals surface area (Å²) in [6.45, 7) is 0. The lowest BCUT2D eigenvalue weighted by atomic mass is 10.6. The number of carbonyl (C=O) groups excluding carboxylic acids is 2. The van der Waals surface area contributed by atoms with Gasteiger partial charge in [0.15, 0.2) is 4.32 Å². The Labute approximate surface area is 83.5 Å². The van der Waals surface area contributed by atoms with Crippen LogP contribution in [0.15, 0.2) is 0 Å². The molecule has 1 aliphatic rings. The fourth-order valence-electron chi connectivity index (χ4n) is 0.658. The molecule has 1 aliphatic heterocycles. The number of rotatable bonds is 0. The van der Waals surface area contributed by atoms with E-state index in [1.165, 1.54) is 0 Å². The largest absolute Gasteiger partial charge is 0.366 e. The molecule has 9 heteroatoms. The molecule has 72 valence electrons. The number of nitrogens with zero attached hydrogens (tertiary/aromatic N) is 1. The Morgan fingerprint density at radius 2 is 2.15 bits per heavy atom. The van der Waals surface area contributed by atoms with Crippen LogP contribution in [0.2, 0.25) is 0 Å². The molecular weight excluding hydrogens is 236 g/mol. The summed E-state index contributed by atoms with van der Waals surface area (Å²) in [5.41, 5.74) is 0. The molecule has 0 aliphatic carbocycles. The van der Waals surface area contributed by atoms with Crippen molar-refractivity contribution in [2.45, 2.75) is 0 Å². The van der Waals surface area contributed by atoms with Crippen LogP contribution >= 0.6 is 24.0 Å². The van der Waals surface area contributed by atoms with Crippen LogP contribution in [0.5, 0.6) is 0 Å². The molecule has 0 unspecified atom stereocenters. The van der Waals surface area contributed by atoms with Crippen LogP contribution in [0.1, 0.15) is 0 Å². The molecule has 1 rings (SSSR count). The highest BCUT2D eigenvalue weighted by molar-refractivity contribution is 8.24. The van der Waals surface area contributed by atoms with Gasteiger partial charge in [0.25, 0.3) is 10.0 Å². The van der Waals surface area contributed by atoms with E-state index in [-0.39, 0.29) is 10.1 Å².